The molecule has 4 atom stereocenters. The molecule has 0 spiro atoms. The van der Waals surface area contributed by atoms with E-state index in [-0.39, 0.29) is 11.9 Å². The van der Waals surface area contributed by atoms with Gasteiger partial charge < -0.3 is 10.2 Å². The van der Waals surface area contributed by atoms with Crippen molar-refractivity contribution in [3.8, 4) is 0 Å². The van der Waals surface area contributed by atoms with E-state index < -0.39 is 0 Å². The van der Waals surface area contributed by atoms with Crippen molar-refractivity contribution < 1.29 is 4.79 Å². The minimum absolute atomic E-state index is 0.0766. The fraction of sp³-hybridized carbons (Fsp3) is 0.588. The highest BCUT2D eigenvalue weighted by Gasteiger charge is 2.43. The van der Waals surface area contributed by atoms with E-state index in [9.17, 15) is 4.79 Å². The number of fused-ring (bicyclic) bond motifs is 1. The fourth-order valence-corrected chi connectivity index (χ4v) is 4.12. The van der Waals surface area contributed by atoms with Crippen LogP contribution in [0.5, 0.6) is 0 Å². The molecule has 0 aliphatic carbocycles. The van der Waals surface area contributed by atoms with Crippen LogP contribution in [0.25, 0.3) is 0 Å². The predicted molar refractivity (Wildman–Crippen MR) is 85.2 cm³/mol. The van der Waals surface area contributed by atoms with Gasteiger partial charge in [-0.2, -0.15) is 0 Å². The Balaban J connectivity index is 1.42. The molecule has 0 aromatic heterocycles. The zero-order chi connectivity index (χ0) is 14.9. The van der Waals surface area contributed by atoms with E-state index in [1.807, 2.05) is 11.0 Å². The number of likely N-dealkylation sites (tertiary alicyclic amines) is 1. The van der Waals surface area contributed by atoms with Crippen LogP contribution in [0, 0.1) is 5.92 Å². The lowest BCUT2D eigenvalue weighted by atomic mass is 9.89. The van der Waals surface area contributed by atoms with Gasteiger partial charge in [0.15, 0.2) is 0 Å². The van der Waals surface area contributed by atoms with Crippen LogP contribution >= 0.6 is 0 Å². The van der Waals surface area contributed by atoms with Crippen molar-refractivity contribution in [1.82, 2.24) is 21.1 Å². The van der Waals surface area contributed by atoms with Crippen LogP contribution in [0.15, 0.2) is 30.3 Å². The topological polar surface area (TPSA) is 56.4 Å². The van der Waals surface area contributed by atoms with Gasteiger partial charge in [0, 0.05) is 37.5 Å². The third kappa shape index (κ3) is 2.53. The summed E-state index contributed by atoms with van der Waals surface area (Å²) in [6, 6.07) is 10.9. The summed E-state index contributed by atoms with van der Waals surface area (Å²) in [5, 5.41) is 3.42. The second-order valence-corrected chi connectivity index (χ2v) is 6.71. The van der Waals surface area contributed by atoms with Gasteiger partial charge in [0.05, 0.1) is 0 Å². The summed E-state index contributed by atoms with van der Waals surface area (Å²) < 4.78 is 0. The first kappa shape index (κ1) is 14.2. The quantitative estimate of drug-likeness (QED) is 0.743. The first-order valence-electron chi connectivity index (χ1n) is 8.38. The SMILES string of the molecule is O=C(C1NNC2CCNCC21)N1CCC(c2ccccc2)C1. The second kappa shape index (κ2) is 5.99. The molecule has 3 heterocycles. The molecule has 4 unspecified atom stereocenters. The number of hydrogen-bond acceptors (Lipinski definition) is 4. The van der Waals surface area contributed by atoms with Gasteiger partial charge in [-0.1, -0.05) is 30.3 Å². The molecular weight excluding hydrogens is 276 g/mol. The highest BCUT2D eigenvalue weighted by Crippen LogP contribution is 2.29. The smallest absolute Gasteiger partial charge is 0.241 e. The molecule has 4 rings (SSSR count). The summed E-state index contributed by atoms with van der Waals surface area (Å²) in [6.07, 6.45) is 2.16. The lowest BCUT2D eigenvalue weighted by molar-refractivity contribution is -0.133. The molecule has 1 aromatic rings. The highest BCUT2D eigenvalue weighted by molar-refractivity contribution is 5.83. The zero-order valence-corrected chi connectivity index (χ0v) is 12.8. The van der Waals surface area contributed by atoms with E-state index in [4.69, 9.17) is 0 Å². The van der Waals surface area contributed by atoms with Crippen molar-refractivity contribution in [2.45, 2.75) is 30.8 Å². The van der Waals surface area contributed by atoms with Gasteiger partial charge in [-0.3, -0.25) is 10.2 Å². The number of nitrogens with zero attached hydrogens (tertiary/aromatic N) is 1. The molecule has 0 bridgehead atoms. The molecule has 1 aromatic carbocycles. The lowest BCUT2D eigenvalue weighted by Crippen LogP contribution is -2.50. The maximum Gasteiger partial charge on any atom is 0.241 e. The molecule has 3 aliphatic heterocycles. The number of carbonyl (C=O) groups is 1. The first-order valence-corrected chi connectivity index (χ1v) is 8.38. The summed E-state index contributed by atoms with van der Waals surface area (Å²) >= 11 is 0. The second-order valence-electron chi connectivity index (χ2n) is 6.71. The van der Waals surface area contributed by atoms with E-state index in [1.165, 1.54) is 5.56 Å². The Morgan fingerprint density at radius 1 is 1.14 bits per heavy atom. The summed E-state index contributed by atoms with van der Waals surface area (Å²) in [7, 11) is 0. The third-order valence-electron chi connectivity index (χ3n) is 5.42. The summed E-state index contributed by atoms with van der Waals surface area (Å²) in [6.45, 7) is 3.70. The van der Waals surface area contributed by atoms with Gasteiger partial charge in [-0.25, -0.2) is 5.43 Å². The number of amides is 1. The van der Waals surface area contributed by atoms with E-state index in [2.05, 4.69) is 40.4 Å². The summed E-state index contributed by atoms with van der Waals surface area (Å²) in [4.78, 5) is 14.9. The molecular formula is C17H24N4O. The normalized spacial score (nSPS) is 34.6. The van der Waals surface area contributed by atoms with Crippen LogP contribution in [0.4, 0.5) is 0 Å². The summed E-state index contributed by atoms with van der Waals surface area (Å²) in [5.74, 6) is 1.12. The maximum atomic E-state index is 12.9. The number of piperidine rings is 1. The molecule has 3 aliphatic rings. The van der Waals surface area contributed by atoms with Crippen LogP contribution < -0.4 is 16.2 Å². The average molecular weight is 300 g/mol. The Labute approximate surface area is 131 Å². The van der Waals surface area contributed by atoms with Crippen LogP contribution in [-0.4, -0.2) is 49.1 Å². The number of carbonyl (C=O) groups excluding carboxylic acids is 1. The zero-order valence-electron chi connectivity index (χ0n) is 12.8. The molecule has 5 heteroatoms. The number of rotatable bonds is 2. The Kier molecular flexibility index (Phi) is 3.86. The fourth-order valence-electron chi connectivity index (χ4n) is 4.12. The lowest BCUT2D eigenvalue weighted by Gasteiger charge is -2.29. The number of hydrogen-bond donors (Lipinski definition) is 3. The molecule has 1 amide bonds. The van der Waals surface area contributed by atoms with E-state index >= 15 is 0 Å². The van der Waals surface area contributed by atoms with E-state index in [0.29, 0.717) is 17.9 Å². The number of hydrazine groups is 1. The van der Waals surface area contributed by atoms with Crippen molar-refractivity contribution in [2.24, 2.45) is 5.92 Å². The van der Waals surface area contributed by atoms with Gasteiger partial charge >= 0.3 is 0 Å². The van der Waals surface area contributed by atoms with Gasteiger partial charge in [-0.15, -0.1) is 0 Å². The standard InChI is InChI=1S/C17H24N4O/c22-17(16-14-10-18-8-6-15(14)19-20-16)21-9-7-13(11-21)12-4-2-1-3-5-12/h1-5,13-16,18-20H,6-11H2. The molecule has 0 radical (unpaired) electrons. The van der Waals surface area contributed by atoms with Crippen molar-refractivity contribution >= 4 is 5.91 Å². The van der Waals surface area contributed by atoms with Crippen LogP contribution in [0.1, 0.15) is 24.3 Å². The van der Waals surface area contributed by atoms with Crippen molar-refractivity contribution in [2.75, 3.05) is 26.2 Å². The molecule has 3 saturated heterocycles. The Morgan fingerprint density at radius 2 is 2.00 bits per heavy atom. The van der Waals surface area contributed by atoms with Crippen molar-refractivity contribution in [3.63, 3.8) is 0 Å². The molecule has 3 fully saturated rings. The van der Waals surface area contributed by atoms with E-state index in [0.717, 1.165) is 39.0 Å². The molecule has 118 valence electrons. The van der Waals surface area contributed by atoms with Crippen molar-refractivity contribution in [3.05, 3.63) is 35.9 Å². The minimum atomic E-state index is -0.0766. The molecule has 3 N–H and O–H groups in total. The average Bonchev–Trinajstić information content (AvgIpc) is 3.22. The van der Waals surface area contributed by atoms with Crippen molar-refractivity contribution in [1.29, 1.82) is 0 Å². The molecule has 22 heavy (non-hydrogen) atoms. The first-order chi connectivity index (χ1) is 10.8. The monoisotopic (exact) mass is 300 g/mol. The minimum Gasteiger partial charge on any atom is -0.341 e. The van der Waals surface area contributed by atoms with E-state index in [1.54, 1.807) is 0 Å². The Morgan fingerprint density at radius 3 is 2.86 bits per heavy atom. The highest BCUT2D eigenvalue weighted by atomic mass is 16.2. The Hall–Kier alpha value is -1.43. The Bertz CT molecular complexity index is 535. The molecule has 5 nitrogen and oxygen atoms in total. The maximum absolute atomic E-state index is 12.9. The van der Waals surface area contributed by atoms with Gasteiger partial charge in [0.2, 0.25) is 5.91 Å². The third-order valence-corrected chi connectivity index (χ3v) is 5.42. The van der Waals surface area contributed by atoms with Crippen LogP contribution in [0.2, 0.25) is 0 Å². The summed E-state index contributed by atoms with van der Waals surface area (Å²) in [5.41, 5.74) is 7.92. The number of benzene rings is 1. The van der Waals surface area contributed by atoms with Crippen LogP contribution in [0.3, 0.4) is 0 Å². The van der Waals surface area contributed by atoms with Gasteiger partial charge in [0.1, 0.15) is 6.04 Å². The van der Waals surface area contributed by atoms with Crippen LogP contribution in [-0.2, 0) is 4.79 Å². The van der Waals surface area contributed by atoms with Gasteiger partial charge in [-0.05, 0) is 24.9 Å². The number of nitrogens with one attached hydrogen (secondary N) is 3. The molecule has 0 saturated carbocycles. The van der Waals surface area contributed by atoms with Gasteiger partial charge in [0.25, 0.3) is 0 Å². The largest absolute Gasteiger partial charge is 0.341 e. The predicted octanol–water partition coefficient (Wildman–Crippen LogP) is 0.457.